The van der Waals surface area contributed by atoms with Crippen LogP contribution < -0.4 is 5.32 Å². The summed E-state index contributed by atoms with van der Waals surface area (Å²) >= 11 is 0. The van der Waals surface area contributed by atoms with Crippen molar-refractivity contribution < 1.29 is 9.90 Å². The summed E-state index contributed by atoms with van der Waals surface area (Å²) in [4.78, 5) is 16.0. The first kappa shape index (κ1) is 13.5. The van der Waals surface area contributed by atoms with Crippen molar-refractivity contribution in [2.75, 3.05) is 13.6 Å². The fraction of sp³-hybridized carbons (Fsp3) is 0.333. The van der Waals surface area contributed by atoms with Gasteiger partial charge in [-0.2, -0.15) is 0 Å². The minimum Gasteiger partial charge on any atom is -0.478 e. The van der Waals surface area contributed by atoms with Gasteiger partial charge in [0.1, 0.15) is 0 Å². The van der Waals surface area contributed by atoms with E-state index in [4.69, 9.17) is 0 Å². The number of aryl methyl sites for hydroxylation is 2. The van der Waals surface area contributed by atoms with E-state index < -0.39 is 5.97 Å². The monoisotopic (exact) mass is 258 g/mol. The number of nitrogens with zero attached hydrogens (tertiary/aromatic N) is 1. The number of rotatable bonds is 4. The molecule has 0 fully saturated rings. The molecule has 0 aliphatic rings. The van der Waals surface area contributed by atoms with E-state index in [1.54, 1.807) is 6.07 Å². The number of hydrogen-bond acceptors (Lipinski definition) is 3. The lowest BCUT2D eigenvalue weighted by atomic mass is 10.0. The Morgan fingerprint density at radius 3 is 2.74 bits per heavy atom. The van der Waals surface area contributed by atoms with Gasteiger partial charge in [0.2, 0.25) is 0 Å². The van der Waals surface area contributed by atoms with Crippen molar-refractivity contribution in [2.24, 2.45) is 0 Å². The zero-order valence-electron chi connectivity index (χ0n) is 11.4. The first-order chi connectivity index (χ1) is 9.04. The SMILES string of the molecule is CNCCc1cc(C(=O)O)c2ccc(C)c(C)c2n1. The summed E-state index contributed by atoms with van der Waals surface area (Å²) in [5, 5.41) is 13.1. The molecule has 100 valence electrons. The van der Waals surface area contributed by atoms with Crippen LogP contribution in [-0.2, 0) is 6.42 Å². The first-order valence-corrected chi connectivity index (χ1v) is 6.32. The highest BCUT2D eigenvalue weighted by molar-refractivity contribution is 6.03. The largest absolute Gasteiger partial charge is 0.478 e. The number of likely N-dealkylation sites (N-methyl/N-ethyl adjacent to an activating group) is 1. The van der Waals surface area contributed by atoms with Gasteiger partial charge in [-0.15, -0.1) is 0 Å². The van der Waals surface area contributed by atoms with Gasteiger partial charge in [-0.1, -0.05) is 12.1 Å². The fourth-order valence-corrected chi connectivity index (χ4v) is 2.14. The highest BCUT2D eigenvalue weighted by Crippen LogP contribution is 2.24. The normalized spacial score (nSPS) is 10.9. The van der Waals surface area contributed by atoms with Gasteiger partial charge in [0, 0.05) is 24.0 Å². The molecule has 1 heterocycles. The van der Waals surface area contributed by atoms with Crippen molar-refractivity contribution in [2.45, 2.75) is 20.3 Å². The molecular formula is C15H18N2O2. The van der Waals surface area contributed by atoms with E-state index >= 15 is 0 Å². The predicted molar refractivity (Wildman–Crippen MR) is 75.8 cm³/mol. The van der Waals surface area contributed by atoms with E-state index in [0.29, 0.717) is 10.9 Å². The fourth-order valence-electron chi connectivity index (χ4n) is 2.14. The van der Waals surface area contributed by atoms with Gasteiger partial charge in [-0.3, -0.25) is 4.98 Å². The topological polar surface area (TPSA) is 62.2 Å². The highest BCUT2D eigenvalue weighted by Gasteiger charge is 2.13. The quantitative estimate of drug-likeness (QED) is 0.883. The molecule has 2 aromatic rings. The number of carboxylic acids is 1. The first-order valence-electron chi connectivity index (χ1n) is 6.32. The summed E-state index contributed by atoms with van der Waals surface area (Å²) in [7, 11) is 1.87. The van der Waals surface area contributed by atoms with Gasteiger partial charge in [0.15, 0.2) is 0 Å². The average molecular weight is 258 g/mol. The number of aromatic nitrogens is 1. The Labute approximate surface area is 112 Å². The van der Waals surface area contributed by atoms with Crippen LogP contribution in [0.25, 0.3) is 10.9 Å². The third kappa shape index (κ3) is 2.58. The van der Waals surface area contributed by atoms with Gasteiger partial charge in [-0.05, 0) is 38.1 Å². The van der Waals surface area contributed by atoms with Crippen LogP contribution in [0.1, 0.15) is 27.2 Å². The van der Waals surface area contributed by atoms with Gasteiger partial charge in [-0.25, -0.2) is 4.79 Å². The Balaban J connectivity index is 2.69. The maximum absolute atomic E-state index is 11.4. The van der Waals surface area contributed by atoms with Crippen LogP contribution in [0.2, 0.25) is 0 Å². The molecule has 0 aliphatic carbocycles. The van der Waals surface area contributed by atoms with Crippen molar-refractivity contribution in [3.8, 4) is 0 Å². The molecular weight excluding hydrogens is 240 g/mol. The van der Waals surface area contributed by atoms with E-state index in [0.717, 1.165) is 35.3 Å². The van der Waals surface area contributed by atoms with Crippen LogP contribution in [0.5, 0.6) is 0 Å². The number of aromatic carboxylic acids is 1. The predicted octanol–water partition coefficient (Wildman–Crippen LogP) is 2.31. The lowest BCUT2D eigenvalue weighted by Gasteiger charge is -2.10. The maximum Gasteiger partial charge on any atom is 0.336 e. The Morgan fingerprint density at radius 2 is 2.11 bits per heavy atom. The van der Waals surface area contributed by atoms with Crippen molar-refractivity contribution in [1.29, 1.82) is 0 Å². The van der Waals surface area contributed by atoms with Gasteiger partial charge in [0.25, 0.3) is 0 Å². The molecule has 4 heteroatoms. The molecule has 4 nitrogen and oxygen atoms in total. The number of carboxylic acid groups (broad SMARTS) is 1. The second-order valence-corrected chi connectivity index (χ2v) is 4.72. The van der Waals surface area contributed by atoms with Crippen LogP contribution in [-0.4, -0.2) is 29.7 Å². The molecule has 0 bridgehead atoms. The summed E-state index contributed by atoms with van der Waals surface area (Å²) in [6.07, 6.45) is 0.722. The number of nitrogens with one attached hydrogen (secondary N) is 1. The van der Waals surface area contributed by atoms with Crippen LogP contribution in [0.15, 0.2) is 18.2 Å². The lowest BCUT2D eigenvalue weighted by Crippen LogP contribution is -2.12. The molecule has 0 saturated carbocycles. The van der Waals surface area contributed by atoms with Crippen molar-refractivity contribution in [3.63, 3.8) is 0 Å². The van der Waals surface area contributed by atoms with Crippen molar-refractivity contribution >= 4 is 16.9 Å². The summed E-state index contributed by atoms with van der Waals surface area (Å²) in [5.41, 5.74) is 4.12. The van der Waals surface area contributed by atoms with Crippen molar-refractivity contribution in [1.82, 2.24) is 10.3 Å². The number of carbonyl (C=O) groups is 1. The number of benzene rings is 1. The molecule has 1 aromatic carbocycles. The number of fused-ring (bicyclic) bond motifs is 1. The van der Waals surface area contributed by atoms with Crippen LogP contribution in [0.4, 0.5) is 0 Å². The third-order valence-electron chi connectivity index (χ3n) is 3.42. The summed E-state index contributed by atoms with van der Waals surface area (Å²) in [6.45, 7) is 4.78. The second-order valence-electron chi connectivity index (χ2n) is 4.72. The van der Waals surface area contributed by atoms with Crippen LogP contribution in [0.3, 0.4) is 0 Å². The zero-order valence-corrected chi connectivity index (χ0v) is 11.4. The summed E-state index contributed by atoms with van der Waals surface area (Å²) in [5.74, 6) is -0.902. The summed E-state index contributed by atoms with van der Waals surface area (Å²) < 4.78 is 0. The molecule has 0 saturated heterocycles. The van der Waals surface area contributed by atoms with Gasteiger partial charge in [0.05, 0.1) is 11.1 Å². The molecule has 0 atom stereocenters. The third-order valence-corrected chi connectivity index (χ3v) is 3.42. The van der Waals surface area contributed by atoms with Gasteiger partial charge >= 0.3 is 5.97 Å². The molecule has 0 radical (unpaired) electrons. The molecule has 0 amide bonds. The Bertz CT molecular complexity index is 636. The Hall–Kier alpha value is -1.94. The molecule has 2 N–H and O–H groups in total. The lowest BCUT2D eigenvalue weighted by molar-refractivity contribution is 0.0699. The number of pyridine rings is 1. The summed E-state index contributed by atoms with van der Waals surface area (Å²) in [6, 6.07) is 5.46. The van der Waals surface area contributed by atoms with E-state index in [9.17, 15) is 9.90 Å². The van der Waals surface area contributed by atoms with E-state index in [2.05, 4.69) is 10.3 Å². The maximum atomic E-state index is 11.4. The molecule has 0 spiro atoms. The molecule has 19 heavy (non-hydrogen) atoms. The van der Waals surface area contributed by atoms with E-state index in [-0.39, 0.29) is 0 Å². The van der Waals surface area contributed by atoms with Gasteiger partial charge < -0.3 is 10.4 Å². The van der Waals surface area contributed by atoms with Crippen LogP contribution >= 0.6 is 0 Å². The molecule has 2 rings (SSSR count). The standard InChI is InChI=1S/C15H18N2O2/c1-9-4-5-12-13(15(18)19)8-11(6-7-16-3)17-14(12)10(9)2/h4-5,8,16H,6-7H2,1-3H3,(H,18,19). The molecule has 0 unspecified atom stereocenters. The highest BCUT2D eigenvalue weighted by atomic mass is 16.4. The van der Waals surface area contributed by atoms with Crippen LogP contribution in [0, 0.1) is 13.8 Å². The van der Waals surface area contributed by atoms with E-state index in [1.807, 2.05) is 33.0 Å². The zero-order chi connectivity index (χ0) is 14.0. The van der Waals surface area contributed by atoms with E-state index in [1.165, 1.54) is 0 Å². The minimum absolute atomic E-state index is 0.333. The smallest absolute Gasteiger partial charge is 0.336 e. The number of hydrogen-bond donors (Lipinski definition) is 2. The second kappa shape index (κ2) is 5.36. The average Bonchev–Trinajstić information content (AvgIpc) is 2.40. The Kier molecular flexibility index (Phi) is 3.81. The molecule has 0 aliphatic heterocycles. The van der Waals surface area contributed by atoms with Crippen molar-refractivity contribution in [3.05, 3.63) is 40.6 Å². The Morgan fingerprint density at radius 1 is 1.37 bits per heavy atom. The minimum atomic E-state index is -0.902. The molecule has 1 aromatic heterocycles.